The van der Waals surface area contributed by atoms with Gasteiger partial charge in [-0.3, -0.25) is 4.79 Å². The summed E-state index contributed by atoms with van der Waals surface area (Å²) < 4.78 is 35.9. The van der Waals surface area contributed by atoms with Crippen LogP contribution in [0, 0.1) is 0 Å². The molecule has 1 amide bonds. The quantitative estimate of drug-likeness (QED) is 0.787. The molecule has 9 heteroatoms. The molecule has 1 aromatic heterocycles. The zero-order valence-electron chi connectivity index (χ0n) is 11.7. The van der Waals surface area contributed by atoms with E-state index in [0.29, 0.717) is 24.2 Å². The molecule has 7 nitrogen and oxygen atoms in total. The summed E-state index contributed by atoms with van der Waals surface area (Å²) in [4.78, 5) is 13.2. The van der Waals surface area contributed by atoms with Crippen LogP contribution in [-0.4, -0.2) is 47.8 Å². The number of aromatic nitrogens is 3. The Kier molecular flexibility index (Phi) is 3.44. The van der Waals surface area contributed by atoms with E-state index in [9.17, 15) is 17.1 Å². The molecule has 1 aromatic carbocycles. The third-order valence-electron chi connectivity index (χ3n) is 3.66. The molecule has 1 aliphatic heterocycles. The second kappa shape index (κ2) is 5.16. The maximum atomic E-state index is 12.8. The number of carbonyl (C=O) groups excluding carboxylic acids is 1. The summed E-state index contributed by atoms with van der Waals surface area (Å²) in [5.41, 5.74) is 1.09. The number of carbonyl (C=O) groups is 1. The average molecular weight is 324 g/mol. The maximum Gasteiger partial charge on any atom is 0.332 e. The van der Waals surface area contributed by atoms with Crippen molar-refractivity contribution in [2.24, 2.45) is 0 Å². The van der Waals surface area contributed by atoms with Crippen molar-refractivity contribution in [2.75, 3.05) is 13.6 Å². The van der Waals surface area contributed by atoms with Crippen LogP contribution in [0.15, 0.2) is 35.4 Å². The van der Waals surface area contributed by atoms with Gasteiger partial charge in [0.15, 0.2) is 0 Å². The Balaban J connectivity index is 1.87. The topological polar surface area (TPSA) is 85.2 Å². The van der Waals surface area contributed by atoms with Gasteiger partial charge in [0.2, 0.25) is 5.91 Å². The van der Waals surface area contributed by atoms with Gasteiger partial charge in [-0.2, -0.15) is 8.42 Å². The molecule has 0 N–H and O–H groups in total. The molecular formula is C13H13FN4O3S. The molecule has 0 aliphatic carbocycles. The number of rotatable bonds is 3. The van der Waals surface area contributed by atoms with Crippen molar-refractivity contribution in [1.29, 1.82) is 0 Å². The van der Waals surface area contributed by atoms with Crippen molar-refractivity contribution < 1.29 is 17.1 Å². The van der Waals surface area contributed by atoms with Crippen LogP contribution in [0.4, 0.5) is 3.89 Å². The van der Waals surface area contributed by atoms with E-state index in [-0.39, 0.29) is 11.9 Å². The lowest BCUT2D eigenvalue weighted by Crippen LogP contribution is -2.24. The molecule has 0 radical (unpaired) electrons. The molecule has 1 fully saturated rings. The zero-order valence-corrected chi connectivity index (χ0v) is 12.5. The monoisotopic (exact) mass is 324 g/mol. The molecule has 1 saturated heterocycles. The van der Waals surface area contributed by atoms with Gasteiger partial charge in [-0.05, 0) is 18.6 Å². The standard InChI is InChI=1S/C13H13FN4O3S/c1-17-7-6-12(13(17)19)18-8-11(15-16-18)9-2-4-10(5-3-9)22(14,20)21/h2-5,8,12H,6-7H2,1H3. The van der Waals surface area contributed by atoms with Crippen molar-refractivity contribution in [3.63, 3.8) is 0 Å². The number of benzene rings is 1. The minimum Gasteiger partial charge on any atom is -0.344 e. The van der Waals surface area contributed by atoms with E-state index in [0.717, 1.165) is 12.1 Å². The van der Waals surface area contributed by atoms with Crippen molar-refractivity contribution in [3.8, 4) is 11.3 Å². The van der Waals surface area contributed by atoms with E-state index in [4.69, 9.17) is 0 Å². The van der Waals surface area contributed by atoms with Gasteiger partial charge in [0.1, 0.15) is 11.7 Å². The summed E-state index contributed by atoms with van der Waals surface area (Å²) in [6.45, 7) is 0.668. The predicted molar refractivity (Wildman–Crippen MR) is 75.0 cm³/mol. The fourth-order valence-electron chi connectivity index (χ4n) is 2.40. The third-order valence-corrected chi connectivity index (χ3v) is 4.50. The number of amides is 1. The molecule has 2 aromatic rings. The Bertz CT molecular complexity index is 816. The van der Waals surface area contributed by atoms with E-state index in [2.05, 4.69) is 10.3 Å². The van der Waals surface area contributed by atoms with E-state index < -0.39 is 15.1 Å². The summed E-state index contributed by atoms with van der Waals surface area (Å²) in [5.74, 6) is -0.0182. The Morgan fingerprint density at radius 2 is 1.95 bits per heavy atom. The van der Waals surface area contributed by atoms with E-state index in [1.807, 2.05) is 0 Å². The Labute approximate surface area is 126 Å². The van der Waals surface area contributed by atoms with Crippen LogP contribution in [0.3, 0.4) is 0 Å². The second-order valence-electron chi connectivity index (χ2n) is 5.11. The minimum absolute atomic E-state index is 0.0182. The maximum absolute atomic E-state index is 12.8. The van der Waals surface area contributed by atoms with Crippen molar-refractivity contribution in [3.05, 3.63) is 30.5 Å². The van der Waals surface area contributed by atoms with Gasteiger partial charge in [-0.1, -0.05) is 17.3 Å². The molecular weight excluding hydrogens is 311 g/mol. The summed E-state index contributed by atoms with van der Waals surface area (Å²) in [7, 11) is -2.98. The van der Waals surface area contributed by atoms with Crippen LogP contribution in [0.2, 0.25) is 0 Å². The Morgan fingerprint density at radius 3 is 2.50 bits per heavy atom. The summed E-state index contributed by atoms with van der Waals surface area (Å²) in [6, 6.07) is 4.86. The molecule has 2 heterocycles. The molecule has 1 atom stereocenters. The number of hydrogen-bond acceptors (Lipinski definition) is 5. The first-order valence-corrected chi connectivity index (χ1v) is 7.96. The predicted octanol–water partition coefficient (Wildman–Crippen LogP) is 1.01. The summed E-state index contributed by atoms with van der Waals surface area (Å²) in [5, 5.41) is 7.94. The van der Waals surface area contributed by atoms with Crippen molar-refractivity contribution in [1.82, 2.24) is 19.9 Å². The number of likely N-dealkylation sites (N-methyl/N-ethyl adjacent to an activating group) is 1. The SMILES string of the molecule is CN1CCC(n2cc(-c3ccc(S(=O)(=O)F)cc3)nn2)C1=O. The highest BCUT2D eigenvalue weighted by Crippen LogP contribution is 2.24. The third kappa shape index (κ3) is 2.59. The largest absolute Gasteiger partial charge is 0.344 e. The Morgan fingerprint density at radius 1 is 1.27 bits per heavy atom. The smallest absolute Gasteiger partial charge is 0.332 e. The first-order chi connectivity index (χ1) is 10.4. The number of hydrogen-bond donors (Lipinski definition) is 0. The molecule has 0 spiro atoms. The summed E-state index contributed by atoms with van der Waals surface area (Å²) in [6.07, 6.45) is 2.29. The van der Waals surface area contributed by atoms with Crippen molar-refractivity contribution in [2.45, 2.75) is 17.4 Å². The number of nitrogens with zero attached hydrogens (tertiary/aromatic N) is 4. The van der Waals surface area contributed by atoms with E-state index in [1.54, 1.807) is 18.1 Å². The minimum atomic E-state index is -4.71. The number of halogens is 1. The Hall–Kier alpha value is -2.29. The second-order valence-corrected chi connectivity index (χ2v) is 6.46. The van der Waals surface area contributed by atoms with Gasteiger partial charge in [0.25, 0.3) is 0 Å². The van der Waals surface area contributed by atoms with Gasteiger partial charge >= 0.3 is 10.2 Å². The normalized spacial score (nSPS) is 18.9. The fourth-order valence-corrected chi connectivity index (χ4v) is 2.86. The average Bonchev–Trinajstić information content (AvgIpc) is 3.07. The van der Waals surface area contributed by atoms with Crippen LogP contribution in [0.1, 0.15) is 12.5 Å². The molecule has 0 bridgehead atoms. The molecule has 0 saturated carbocycles. The zero-order chi connectivity index (χ0) is 15.9. The van der Waals surface area contributed by atoms with E-state index >= 15 is 0 Å². The van der Waals surface area contributed by atoms with Gasteiger partial charge in [0, 0.05) is 19.2 Å². The van der Waals surface area contributed by atoms with E-state index in [1.165, 1.54) is 16.8 Å². The fraction of sp³-hybridized carbons (Fsp3) is 0.308. The van der Waals surface area contributed by atoms with Crippen molar-refractivity contribution >= 4 is 16.1 Å². The highest BCUT2D eigenvalue weighted by Gasteiger charge is 2.31. The summed E-state index contributed by atoms with van der Waals surface area (Å²) >= 11 is 0. The lowest BCUT2D eigenvalue weighted by molar-refractivity contribution is -0.129. The highest BCUT2D eigenvalue weighted by atomic mass is 32.3. The van der Waals surface area contributed by atoms with Gasteiger partial charge in [0.05, 0.1) is 11.1 Å². The molecule has 22 heavy (non-hydrogen) atoms. The van der Waals surface area contributed by atoms with Gasteiger partial charge < -0.3 is 4.90 Å². The first kappa shape index (κ1) is 14.6. The first-order valence-electron chi connectivity index (χ1n) is 6.58. The lowest BCUT2D eigenvalue weighted by atomic mass is 10.2. The lowest BCUT2D eigenvalue weighted by Gasteiger charge is -2.09. The highest BCUT2D eigenvalue weighted by molar-refractivity contribution is 7.86. The van der Waals surface area contributed by atoms with Crippen LogP contribution in [0.5, 0.6) is 0 Å². The number of likely N-dealkylation sites (tertiary alicyclic amines) is 1. The molecule has 3 rings (SSSR count). The van der Waals surface area contributed by atoms with Gasteiger partial charge in [-0.15, -0.1) is 8.98 Å². The molecule has 1 aliphatic rings. The van der Waals surface area contributed by atoms with Crippen LogP contribution in [-0.2, 0) is 15.0 Å². The van der Waals surface area contributed by atoms with Gasteiger partial charge in [-0.25, -0.2) is 4.68 Å². The molecule has 116 valence electrons. The van der Waals surface area contributed by atoms with Crippen LogP contribution in [0.25, 0.3) is 11.3 Å². The molecule has 1 unspecified atom stereocenters. The van der Waals surface area contributed by atoms with Crippen LogP contribution < -0.4 is 0 Å². The van der Waals surface area contributed by atoms with Crippen LogP contribution >= 0.6 is 0 Å².